The third-order valence-corrected chi connectivity index (χ3v) is 5.05. The molecule has 2 heterocycles. The Bertz CT molecular complexity index is 657. The van der Waals surface area contributed by atoms with Crippen LogP contribution in [0.5, 0.6) is 5.75 Å². The lowest BCUT2D eigenvalue weighted by Crippen LogP contribution is -2.39. The zero-order valence-electron chi connectivity index (χ0n) is 14.6. The number of likely N-dealkylation sites (tertiary alicyclic amines) is 2. The van der Waals surface area contributed by atoms with Gasteiger partial charge in [0.15, 0.2) is 0 Å². The first-order valence-electron chi connectivity index (χ1n) is 8.84. The van der Waals surface area contributed by atoms with Crippen LogP contribution in [0.4, 0.5) is 0 Å². The first-order chi connectivity index (χ1) is 12.1. The molecule has 2 saturated heterocycles. The minimum Gasteiger partial charge on any atom is -0.496 e. The van der Waals surface area contributed by atoms with E-state index >= 15 is 0 Å². The van der Waals surface area contributed by atoms with Crippen molar-refractivity contribution >= 4 is 17.7 Å². The molecular weight excluding hydrogens is 320 g/mol. The van der Waals surface area contributed by atoms with Crippen LogP contribution >= 0.6 is 0 Å². The van der Waals surface area contributed by atoms with Gasteiger partial charge in [0.2, 0.25) is 17.7 Å². The number of amides is 3. The Balaban J connectivity index is 1.60. The molecular formula is C19H24N2O4. The maximum absolute atomic E-state index is 12.6. The van der Waals surface area contributed by atoms with Gasteiger partial charge in [0.1, 0.15) is 5.75 Å². The Hall–Kier alpha value is -2.37. The Morgan fingerprint density at radius 1 is 1.20 bits per heavy atom. The molecule has 6 heteroatoms. The summed E-state index contributed by atoms with van der Waals surface area (Å²) in [6.07, 6.45) is 3.45. The fourth-order valence-electron chi connectivity index (χ4n) is 3.73. The molecule has 1 aromatic rings. The number of methoxy groups -OCH3 is 1. The third-order valence-electron chi connectivity index (χ3n) is 5.05. The van der Waals surface area contributed by atoms with E-state index in [1.165, 1.54) is 4.90 Å². The van der Waals surface area contributed by atoms with E-state index < -0.39 is 0 Å². The summed E-state index contributed by atoms with van der Waals surface area (Å²) < 4.78 is 5.40. The van der Waals surface area contributed by atoms with Crippen LogP contribution in [0.15, 0.2) is 24.3 Å². The van der Waals surface area contributed by atoms with E-state index in [1.54, 1.807) is 7.11 Å². The van der Waals surface area contributed by atoms with Crippen LogP contribution in [-0.2, 0) is 20.8 Å². The van der Waals surface area contributed by atoms with E-state index in [4.69, 9.17) is 4.74 Å². The van der Waals surface area contributed by atoms with Crippen LogP contribution in [0.2, 0.25) is 0 Å². The van der Waals surface area contributed by atoms with Crippen LogP contribution in [0, 0.1) is 0 Å². The Kier molecular flexibility index (Phi) is 5.36. The summed E-state index contributed by atoms with van der Waals surface area (Å²) in [5.41, 5.74) is 1.10. The number of carbonyl (C=O) groups is 3. The number of carbonyl (C=O) groups excluding carboxylic acids is 3. The molecule has 0 N–H and O–H groups in total. The molecule has 2 aliphatic rings. The van der Waals surface area contributed by atoms with Gasteiger partial charge in [-0.2, -0.15) is 0 Å². The van der Waals surface area contributed by atoms with Crippen molar-refractivity contribution in [1.29, 1.82) is 0 Å². The van der Waals surface area contributed by atoms with Crippen LogP contribution in [0.3, 0.4) is 0 Å². The van der Waals surface area contributed by atoms with Crippen LogP contribution in [0.25, 0.3) is 0 Å². The molecule has 0 aliphatic carbocycles. The van der Waals surface area contributed by atoms with Crippen molar-refractivity contribution in [3.05, 3.63) is 29.8 Å². The number of hydrogen-bond donors (Lipinski definition) is 0. The van der Waals surface area contributed by atoms with Gasteiger partial charge in [0, 0.05) is 38.4 Å². The number of para-hydroxylation sites is 1. The SMILES string of the molecule is COc1ccccc1C[C@@H]1CCCN1C(=O)CCN1C(=O)CCC1=O. The predicted octanol–water partition coefficient (Wildman–Crippen LogP) is 1.77. The minimum absolute atomic E-state index is 0.0184. The Labute approximate surface area is 147 Å². The highest BCUT2D eigenvalue weighted by molar-refractivity contribution is 6.02. The van der Waals surface area contributed by atoms with Gasteiger partial charge in [-0.05, 0) is 30.9 Å². The molecule has 3 rings (SSSR count). The van der Waals surface area contributed by atoms with Gasteiger partial charge in [0.05, 0.1) is 7.11 Å². The second kappa shape index (κ2) is 7.68. The second-order valence-electron chi connectivity index (χ2n) is 6.59. The van der Waals surface area contributed by atoms with Crippen molar-refractivity contribution < 1.29 is 19.1 Å². The average Bonchev–Trinajstić information content (AvgIpc) is 3.20. The standard InChI is InChI=1S/C19H24N2O4/c1-25-16-7-3-2-5-14(16)13-15-6-4-11-20(15)19(24)10-12-21-17(22)8-9-18(21)23/h2-3,5,7,15H,4,6,8-13H2,1H3/t15-/m0/s1. The molecule has 25 heavy (non-hydrogen) atoms. The normalized spacial score (nSPS) is 20.4. The molecule has 0 saturated carbocycles. The summed E-state index contributed by atoms with van der Waals surface area (Å²) in [5, 5.41) is 0. The molecule has 1 atom stereocenters. The van der Waals surface area contributed by atoms with Crippen molar-refractivity contribution in [3.63, 3.8) is 0 Å². The Morgan fingerprint density at radius 2 is 1.92 bits per heavy atom. The topological polar surface area (TPSA) is 66.9 Å². The minimum atomic E-state index is -0.162. The van der Waals surface area contributed by atoms with E-state index in [2.05, 4.69) is 0 Å². The monoisotopic (exact) mass is 344 g/mol. The van der Waals surface area contributed by atoms with E-state index in [9.17, 15) is 14.4 Å². The summed E-state index contributed by atoms with van der Waals surface area (Å²) in [6, 6.07) is 8.02. The van der Waals surface area contributed by atoms with Crippen molar-refractivity contribution in [2.45, 2.75) is 44.6 Å². The first kappa shape index (κ1) is 17.5. The largest absolute Gasteiger partial charge is 0.496 e. The van der Waals surface area contributed by atoms with Gasteiger partial charge in [0.25, 0.3) is 0 Å². The molecule has 0 bridgehead atoms. The van der Waals surface area contributed by atoms with E-state index in [-0.39, 0.29) is 49.6 Å². The lowest BCUT2D eigenvalue weighted by atomic mass is 10.0. The van der Waals surface area contributed by atoms with Crippen LogP contribution in [0.1, 0.15) is 37.7 Å². The maximum Gasteiger partial charge on any atom is 0.229 e. The Morgan fingerprint density at radius 3 is 2.64 bits per heavy atom. The van der Waals surface area contributed by atoms with Crippen molar-refractivity contribution in [2.24, 2.45) is 0 Å². The molecule has 0 aromatic heterocycles. The highest BCUT2D eigenvalue weighted by Crippen LogP contribution is 2.26. The lowest BCUT2D eigenvalue weighted by Gasteiger charge is -2.26. The van der Waals surface area contributed by atoms with E-state index in [0.29, 0.717) is 0 Å². The summed E-state index contributed by atoms with van der Waals surface area (Å²) in [7, 11) is 1.65. The quantitative estimate of drug-likeness (QED) is 0.738. The van der Waals surface area contributed by atoms with Crippen molar-refractivity contribution in [1.82, 2.24) is 9.80 Å². The number of hydrogen-bond acceptors (Lipinski definition) is 4. The zero-order valence-corrected chi connectivity index (χ0v) is 14.6. The fourth-order valence-corrected chi connectivity index (χ4v) is 3.73. The number of ether oxygens (including phenoxy) is 1. The van der Waals surface area contributed by atoms with E-state index in [1.807, 2.05) is 29.2 Å². The molecule has 6 nitrogen and oxygen atoms in total. The third kappa shape index (κ3) is 3.83. The number of imide groups is 1. The number of nitrogens with zero attached hydrogens (tertiary/aromatic N) is 2. The van der Waals surface area contributed by atoms with Gasteiger partial charge in [-0.1, -0.05) is 18.2 Å². The molecule has 2 fully saturated rings. The molecule has 0 unspecified atom stereocenters. The predicted molar refractivity (Wildman–Crippen MR) is 92.0 cm³/mol. The van der Waals surface area contributed by atoms with Crippen LogP contribution < -0.4 is 4.74 Å². The molecule has 3 amide bonds. The number of rotatable bonds is 6. The van der Waals surface area contributed by atoms with Gasteiger partial charge < -0.3 is 9.64 Å². The summed E-state index contributed by atoms with van der Waals surface area (Å²) >= 11 is 0. The fraction of sp³-hybridized carbons (Fsp3) is 0.526. The van der Waals surface area contributed by atoms with Gasteiger partial charge >= 0.3 is 0 Å². The van der Waals surface area contributed by atoms with Crippen molar-refractivity contribution in [2.75, 3.05) is 20.2 Å². The smallest absolute Gasteiger partial charge is 0.229 e. The molecule has 0 spiro atoms. The molecule has 1 aromatic carbocycles. The first-order valence-corrected chi connectivity index (χ1v) is 8.84. The molecule has 134 valence electrons. The lowest BCUT2D eigenvalue weighted by molar-refractivity contribution is -0.139. The van der Waals surface area contributed by atoms with Gasteiger partial charge in [-0.15, -0.1) is 0 Å². The second-order valence-corrected chi connectivity index (χ2v) is 6.59. The van der Waals surface area contributed by atoms with Gasteiger partial charge in [-0.25, -0.2) is 0 Å². The molecule has 0 radical (unpaired) electrons. The van der Waals surface area contributed by atoms with Crippen LogP contribution in [-0.4, -0.2) is 53.8 Å². The summed E-state index contributed by atoms with van der Waals surface area (Å²) in [6.45, 7) is 0.939. The number of benzene rings is 1. The average molecular weight is 344 g/mol. The molecule has 2 aliphatic heterocycles. The highest BCUT2D eigenvalue weighted by atomic mass is 16.5. The van der Waals surface area contributed by atoms with E-state index in [0.717, 1.165) is 37.1 Å². The van der Waals surface area contributed by atoms with Gasteiger partial charge in [-0.3, -0.25) is 19.3 Å². The van der Waals surface area contributed by atoms with Crippen molar-refractivity contribution in [3.8, 4) is 5.75 Å². The summed E-state index contributed by atoms with van der Waals surface area (Å²) in [5.74, 6) is 0.537. The highest BCUT2D eigenvalue weighted by Gasteiger charge is 2.32. The maximum atomic E-state index is 12.6. The summed E-state index contributed by atoms with van der Waals surface area (Å²) in [4.78, 5) is 39.1. The zero-order chi connectivity index (χ0) is 17.8.